The fraction of sp³-hybridized carbons (Fsp3) is 0.333. The molecule has 4 nitrogen and oxygen atoms in total. The Balaban J connectivity index is 2.27. The minimum Gasteiger partial charge on any atom is -0.511 e. The highest BCUT2D eigenvalue weighted by Gasteiger charge is 2.32. The van der Waals surface area contributed by atoms with Gasteiger partial charge in [-0.15, -0.1) is 0 Å². The largest absolute Gasteiger partial charge is 0.511 e. The Labute approximate surface area is 142 Å². The lowest BCUT2D eigenvalue weighted by atomic mass is 9.87. The standard InChI is InChI=1S/C18H17F3O4/c1-9(7-11-3-5-12(6-4-11)18(19,20)21)16(24)15-14(23)8-13(22)10(2)17(15)25/h3-6,9,24-25H,7-8H2,1-2H3. The average molecular weight is 354 g/mol. The van der Waals surface area contributed by atoms with Crippen LogP contribution in [0.5, 0.6) is 0 Å². The van der Waals surface area contributed by atoms with Gasteiger partial charge in [-0.25, -0.2) is 0 Å². The van der Waals surface area contributed by atoms with Gasteiger partial charge < -0.3 is 10.2 Å². The Kier molecular flexibility index (Phi) is 5.06. The van der Waals surface area contributed by atoms with E-state index in [1.54, 1.807) is 6.92 Å². The van der Waals surface area contributed by atoms with Crippen LogP contribution in [0.4, 0.5) is 13.2 Å². The van der Waals surface area contributed by atoms with E-state index in [1.807, 2.05) is 0 Å². The predicted octanol–water partition coefficient (Wildman–Crippen LogP) is 4.07. The topological polar surface area (TPSA) is 74.6 Å². The first kappa shape index (κ1) is 18.8. The highest BCUT2D eigenvalue weighted by molar-refractivity contribution is 6.18. The van der Waals surface area contributed by atoms with E-state index in [0.29, 0.717) is 5.56 Å². The maximum Gasteiger partial charge on any atom is 0.416 e. The van der Waals surface area contributed by atoms with E-state index in [2.05, 4.69) is 0 Å². The molecular formula is C18H17F3O4. The summed E-state index contributed by atoms with van der Waals surface area (Å²) in [6, 6.07) is 4.48. The van der Waals surface area contributed by atoms with Crippen LogP contribution in [0, 0.1) is 5.92 Å². The number of carbonyl (C=O) groups excluding carboxylic acids is 2. The van der Waals surface area contributed by atoms with Gasteiger partial charge >= 0.3 is 6.18 Å². The molecule has 0 aliphatic heterocycles. The molecule has 1 aliphatic carbocycles. The molecule has 1 unspecified atom stereocenters. The number of hydrogen-bond acceptors (Lipinski definition) is 4. The molecule has 2 rings (SSSR count). The normalized spacial score (nSPS) is 19.2. The third-order valence-electron chi connectivity index (χ3n) is 4.16. The van der Waals surface area contributed by atoms with Crippen LogP contribution >= 0.6 is 0 Å². The summed E-state index contributed by atoms with van der Waals surface area (Å²) < 4.78 is 37.7. The van der Waals surface area contributed by atoms with Crippen molar-refractivity contribution in [2.75, 3.05) is 0 Å². The third-order valence-corrected chi connectivity index (χ3v) is 4.16. The van der Waals surface area contributed by atoms with Crippen LogP contribution in [-0.2, 0) is 22.2 Å². The van der Waals surface area contributed by atoms with Crippen molar-refractivity contribution >= 4 is 11.6 Å². The van der Waals surface area contributed by atoms with E-state index in [9.17, 15) is 33.0 Å². The first-order valence-corrected chi connectivity index (χ1v) is 7.58. The average Bonchev–Trinajstić information content (AvgIpc) is 2.52. The molecule has 134 valence electrons. The SMILES string of the molecule is CC1=C(O)C(=C(O)C(C)Cc2ccc(C(F)(F)F)cc2)C(=O)CC1=O. The Morgan fingerprint density at radius 3 is 2.24 bits per heavy atom. The molecule has 0 heterocycles. The lowest BCUT2D eigenvalue weighted by molar-refractivity contribution is -0.137. The van der Waals surface area contributed by atoms with Crippen LogP contribution in [0.1, 0.15) is 31.4 Å². The van der Waals surface area contributed by atoms with Gasteiger partial charge in [0.25, 0.3) is 0 Å². The monoisotopic (exact) mass is 354 g/mol. The van der Waals surface area contributed by atoms with Crippen LogP contribution in [0.15, 0.2) is 46.9 Å². The van der Waals surface area contributed by atoms with Crippen molar-refractivity contribution in [1.29, 1.82) is 0 Å². The molecule has 7 heteroatoms. The Morgan fingerprint density at radius 1 is 1.16 bits per heavy atom. The molecule has 1 aromatic rings. The fourth-order valence-electron chi connectivity index (χ4n) is 2.61. The number of aliphatic hydroxyl groups excluding tert-OH is 2. The number of allylic oxidation sites excluding steroid dienone is 3. The molecule has 0 aromatic heterocycles. The van der Waals surface area contributed by atoms with Gasteiger partial charge in [0.15, 0.2) is 11.6 Å². The quantitative estimate of drug-likeness (QED) is 0.487. The van der Waals surface area contributed by atoms with Gasteiger partial charge in [-0.3, -0.25) is 9.59 Å². The van der Waals surface area contributed by atoms with E-state index in [4.69, 9.17) is 0 Å². The second kappa shape index (κ2) is 6.74. The number of halogens is 3. The fourth-order valence-corrected chi connectivity index (χ4v) is 2.61. The smallest absolute Gasteiger partial charge is 0.416 e. The summed E-state index contributed by atoms with van der Waals surface area (Å²) in [5.41, 5.74) is -0.532. The van der Waals surface area contributed by atoms with Crippen molar-refractivity contribution < 1.29 is 33.0 Å². The molecule has 0 radical (unpaired) electrons. The zero-order chi connectivity index (χ0) is 18.9. The van der Waals surface area contributed by atoms with Crippen molar-refractivity contribution in [3.05, 3.63) is 58.1 Å². The van der Waals surface area contributed by atoms with Gasteiger partial charge in [-0.2, -0.15) is 13.2 Å². The first-order valence-electron chi connectivity index (χ1n) is 7.58. The number of hydrogen-bond donors (Lipinski definition) is 2. The zero-order valence-corrected chi connectivity index (χ0v) is 13.6. The first-order chi connectivity index (χ1) is 11.5. The molecule has 2 N–H and O–H groups in total. The molecule has 0 saturated carbocycles. The van der Waals surface area contributed by atoms with Gasteiger partial charge in [0, 0.05) is 11.5 Å². The molecule has 0 amide bonds. The zero-order valence-electron chi connectivity index (χ0n) is 13.6. The number of Topliss-reactive ketones (excluding diaryl/α,β-unsaturated/α-hetero) is 2. The predicted molar refractivity (Wildman–Crippen MR) is 83.9 cm³/mol. The maximum atomic E-state index is 12.6. The lowest BCUT2D eigenvalue weighted by Crippen LogP contribution is -2.23. The molecule has 0 saturated heterocycles. The van der Waals surface area contributed by atoms with Gasteiger partial charge in [-0.05, 0) is 31.0 Å². The summed E-state index contributed by atoms with van der Waals surface area (Å²) in [7, 11) is 0. The van der Waals surface area contributed by atoms with Gasteiger partial charge in [0.2, 0.25) is 0 Å². The van der Waals surface area contributed by atoms with E-state index in [0.717, 1.165) is 12.1 Å². The number of rotatable bonds is 3. The summed E-state index contributed by atoms with van der Waals surface area (Å²) in [5, 5.41) is 20.3. The number of alkyl halides is 3. The maximum absolute atomic E-state index is 12.6. The van der Waals surface area contributed by atoms with Crippen LogP contribution in [0.25, 0.3) is 0 Å². The summed E-state index contributed by atoms with van der Waals surface area (Å²) in [4.78, 5) is 23.5. The lowest BCUT2D eigenvalue weighted by Gasteiger charge is -2.19. The molecule has 1 aromatic carbocycles. The van der Waals surface area contributed by atoms with Crippen LogP contribution in [-0.4, -0.2) is 21.8 Å². The molecule has 0 spiro atoms. The molecule has 0 bridgehead atoms. The Hall–Kier alpha value is -2.57. The van der Waals surface area contributed by atoms with E-state index in [1.165, 1.54) is 19.1 Å². The van der Waals surface area contributed by atoms with E-state index < -0.39 is 41.4 Å². The Bertz CT molecular complexity index is 771. The summed E-state index contributed by atoms with van der Waals surface area (Å²) >= 11 is 0. The minimum atomic E-state index is -4.43. The highest BCUT2D eigenvalue weighted by Crippen LogP contribution is 2.31. The van der Waals surface area contributed by atoms with Crippen LogP contribution in [0.3, 0.4) is 0 Å². The molecule has 25 heavy (non-hydrogen) atoms. The Morgan fingerprint density at radius 2 is 1.72 bits per heavy atom. The third kappa shape index (κ3) is 3.92. The second-order valence-electron chi connectivity index (χ2n) is 6.06. The van der Waals surface area contributed by atoms with Crippen molar-refractivity contribution in [2.24, 2.45) is 5.92 Å². The molecular weight excluding hydrogens is 337 g/mol. The van der Waals surface area contributed by atoms with Gasteiger partial charge in [-0.1, -0.05) is 19.1 Å². The molecule has 0 fully saturated rings. The van der Waals surface area contributed by atoms with E-state index in [-0.39, 0.29) is 23.3 Å². The van der Waals surface area contributed by atoms with Gasteiger partial charge in [0.05, 0.1) is 17.6 Å². The summed E-state index contributed by atoms with van der Waals surface area (Å²) in [6.45, 7) is 2.93. The van der Waals surface area contributed by atoms with Crippen LogP contribution < -0.4 is 0 Å². The molecule has 1 aliphatic rings. The summed E-state index contributed by atoms with van der Waals surface area (Å²) in [6.07, 6.45) is -4.69. The second-order valence-corrected chi connectivity index (χ2v) is 6.06. The molecule has 1 atom stereocenters. The van der Waals surface area contributed by atoms with Crippen molar-refractivity contribution in [3.63, 3.8) is 0 Å². The van der Waals surface area contributed by atoms with E-state index >= 15 is 0 Å². The van der Waals surface area contributed by atoms with Crippen molar-refractivity contribution in [2.45, 2.75) is 32.9 Å². The van der Waals surface area contributed by atoms with Crippen molar-refractivity contribution in [3.8, 4) is 0 Å². The minimum absolute atomic E-state index is 0.00267. The van der Waals surface area contributed by atoms with Crippen molar-refractivity contribution in [1.82, 2.24) is 0 Å². The highest BCUT2D eigenvalue weighted by atomic mass is 19.4. The number of carbonyl (C=O) groups is 2. The van der Waals surface area contributed by atoms with Gasteiger partial charge in [0.1, 0.15) is 11.5 Å². The number of ketones is 2. The van der Waals surface area contributed by atoms with Crippen LogP contribution in [0.2, 0.25) is 0 Å². The number of aliphatic hydroxyl groups is 2. The number of benzene rings is 1. The summed E-state index contributed by atoms with van der Waals surface area (Å²) in [5.74, 6) is -2.73.